The fourth-order valence-electron chi connectivity index (χ4n) is 3.86. The fourth-order valence-corrected chi connectivity index (χ4v) is 3.86. The Morgan fingerprint density at radius 2 is 2.09 bits per heavy atom. The quantitative estimate of drug-likeness (QED) is 0.542. The number of ether oxygens (including phenoxy) is 2. The molecule has 3 rings (SSSR count). The van der Waals surface area contributed by atoms with Gasteiger partial charge in [-0.3, -0.25) is 14.6 Å². The summed E-state index contributed by atoms with van der Waals surface area (Å²) in [5, 5.41) is 16.1. The number of methoxy groups -OCH3 is 1. The molecule has 1 saturated carbocycles. The van der Waals surface area contributed by atoms with E-state index in [-0.39, 0.29) is 18.4 Å². The molecule has 13 heteroatoms. The van der Waals surface area contributed by atoms with Gasteiger partial charge in [-0.05, 0) is 32.3 Å². The first kappa shape index (κ1) is 24.6. The van der Waals surface area contributed by atoms with Crippen molar-refractivity contribution >= 4 is 17.8 Å². The zero-order valence-corrected chi connectivity index (χ0v) is 18.5. The number of alkyl halides is 3. The smallest absolute Gasteiger partial charge is 0.407 e. The predicted molar refractivity (Wildman–Crippen MR) is 111 cm³/mol. The van der Waals surface area contributed by atoms with Crippen molar-refractivity contribution in [2.24, 2.45) is 7.05 Å². The number of nitrogens with zero attached hydrogens (tertiary/aromatic N) is 3. The van der Waals surface area contributed by atoms with E-state index in [0.29, 0.717) is 36.5 Å². The summed E-state index contributed by atoms with van der Waals surface area (Å²) in [5.41, 5.74) is 1.75. The predicted octanol–water partition coefficient (Wildman–Crippen LogP) is 3.25. The molecule has 33 heavy (non-hydrogen) atoms. The summed E-state index contributed by atoms with van der Waals surface area (Å²) in [6, 6.07) is 2.27. The molecule has 0 radical (unpaired) electrons. The van der Waals surface area contributed by atoms with Crippen LogP contribution in [0.1, 0.15) is 60.4 Å². The van der Waals surface area contributed by atoms with Crippen molar-refractivity contribution < 1.29 is 32.2 Å². The molecule has 0 aromatic carbocycles. The van der Waals surface area contributed by atoms with Crippen LogP contribution in [0.5, 0.6) is 0 Å². The van der Waals surface area contributed by atoms with Crippen LogP contribution in [0.3, 0.4) is 0 Å². The van der Waals surface area contributed by atoms with Gasteiger partial charge < -0.3 is 20.1 Å². The van der Waals surface area contributed by atoms with E-state index in [1.165, 1.54) is 11.6 Å². The number of nitrogens with one attached hydrogen (secondary N) is 3. The number of rotatable bonds is 8. The van der Waals surface area contributed by atoms with Gasteiger partial charge in [0, 0.05) is 37.9 Å². The Kier molecular flexibility index (Phi) is 7.61. The van der Waals surface area contributed by atoms with Gasteiger partial charge in [0.2, 0.25) is 0 Å². The van der Waals surface area contributed by atoms with Crippen LogP contribution in [0, 0.1) is 0 Å². The number of aromatic amines is 1. The van der Waals surface area contributed by atoms with Gasteiger partial charge >= 0.3 is 12.3 Å². The van der Waals surface area contributed by atoms with E-state index in [1.54, 1.807) is 26.3 Å². The Hall–Kier alpha value is -3.09. The second kappa shape index (κ2) is 10.2. The molecule has 2 aromatic rings. The van der Waals surface area contributed by atoms with Crippen LogP contribution >= 0.6 is 0 Å². The molecule has 0 bridgehead atoms. The average molecular weight is 472 g/mol. The standard InChI is InChI=1S/C20H27F3N6O4/c1-11(9-20(21,22)23)24-19(31)33-14-5-4-12(6-14)15-8-17(27-26-15)25-18(30)16-7-13(10-32-3)28-29(16)2/h7-8,11-12,14H,4-6,9-10H2,1-3H3,(H,24,31)(H2,25,26,27,30)/t11?,12-,14?/m0/s1. The molecule has 2 unspecified atom stereocenters. The number of aromatic nitrogens is 4. The lowest BCUT2D eigenvalue weighted by Crippen LogP contribution is -2.37. The second-order valence-corrected chi connectivity index (χ2v) is 8.14. The highest BCUT2D eigenvalue weighted by molar-refractivity contribution is 6.02. The molecule has 1 fully saturated rings. The molecule has 2 aromatic heterocycles. The summed E-state index contributed by atoms with van der Waals surface area (Å²) in [6.07, 6.45) is -4.98. The minimum atomic E-state index is -4.36. The Labute approximate surface area is 188 Å². The molecular formula is C20H27F3N6O4. The molecule has 182 valence electrons. The lowest BCUT2D eigenvalue weighted by molar-refractivity contribution is -0.138. The molecule has 3 N–H and O–H groups in total. The molecule has 0 saturated heterocycles. The topological polar surface area (TPSA) is 123 Å². The number of halogens is 3. The number of hydrogen-bond donors (Lipinski definition) is 3. The van der Waals surface area contributed by atoms with Crippen LogP contribution in [-0.4, -0.2) is 57.4 Å². The van der Waals surface area contributed by atoms with E-state index in [2.05, 4.69) is 25.9 Å². The van der Waals surface area contributed by atoms with Crippen LogP contribution in [0.4, 0.5) is 23.8 Å². The van der Waals surface area contributed by atoms with Gasteiger partial charge in [0.25, 0.3) is 5.91 Å². The number of carbonyl (C=O) groups is 2. The average Bonchev–Trinajstić information content (AvgIpc) is 3.40. The fraction of sp³-hybridized carbons (Fsp3) is 0.600. The highest BCUT2D eigenvalue weighted by Crippen LogP contribution is 2.36. The zero-order valence-electron chi connectivity index (χ0n) is 18.5. The number of amides is 2. The highest BCUT2D eigenvalue weighted by atomic mass is 19.4. The van der Waals surface area contributed by atoms with E-state index in [9.17, 15) is 22.8 Å². The Morgan fingerprint density at radius 1 is 1.33 bits per heavy atom. The van der Waals surface area contributed by atoms with Crippen molar-refractivity contribution in [3.63, 3.8) is 0 Å². The van der Waals surface area contributed by atoms with Gasteiger partial charge in [-0.15, -0.1) is 0 Å². The van der Waals surface area contributed by atoms with Crippen molar-refractivity contribution in [2.75, 3.05) is 12.4 Å². The largest absolute Gasteiger partial charge is 0.446 e. The van der Waals surface area contributed by atoms with Crippen molar-refractivity contribution in [1.82, 2.24) is 25.3 Å². The van der Waals surface area contributed by atoms with Crippen molar-refractivity contribution in [1.29, 1.82) is 0 Å². The SMILES string of the molecule is COCc1cc(C(=O)Nc2cc([C@H]3CCC(OC(=O)NC(C)CC(F)(F)F)C3)[nH]n2)n(C)n1. The van der Waals surface area contributed by atoms with Crippen LogP contribution in [0.2, 0.25) is 0 Å². The number of anilines is 1. The third-order valence-corrected chi connectivity index (χ3v) is 5.29. The maximum atomic E-state index is 12.5. The third kappa shape index (κ3) is 6.94. The lowest BCUT2D eigenvalue weighted by atomic mass is 10.0. The van der Waals surface area contributed by atoms with Gasteiger partial charge in [-0.2, -0.15) is 23.4 Å². The van der Waals surface area contributed by atoms with E-state index < -0.39 is 30.8 Å². The number of H-pyrrole nitrogens is 1. The lowest BCUT2D eigenvalue weighted by Gasteiger charge is -2.18. The maximum Gasteiger partial charge on any atom is 0.407 e. The first-order chi connectivity index (χ1) is 15.5. The van der Waals surface area contributed by atoms with Gasteiger partial charge in [-0.1, -0.05) is 0 Å². The third-order valence-electron chi connectivity index (χ3n) is 5.29. The number of carbonyl (C=O) groups excluding carboxylic acids is 2. The van der Waals surface area contributed by atoms with Crippen LogP contribution < -0.4 is 10.6 Å². The number of alkyl carbamates (subject to hydrolysis) is 1. The summed E-state index contributed by atoms with van der Waals surface area (Å²) in [6.45, 7) is 1.56. The summed E-state index contributed by atoms with van der Waals surface area (Å²) in [7, 11) is 3.20. The second-order valence-electron chi connectivity index (χ2n) is 8.14. The summed E-state index contributed by atoms with van der Waals surface area (Å²) < 4.78 is 48.9. The summed E-state index contributed by atoms with van der Waals surface area (Å²) in [4.78, 5) is 24.4. The minimum Gasteiger partial charge on any atom is -0.446 e. The Morgan fingerprint density at radius 3 is 2.79 bits per heavy atom. The van der Waals surface area contributed by atoms with Gasteiger partial charge in [-0.25, -0.2) is 4.79 Å². The van der Waals surface area contributed by atoms with Gasteiger partial charge in [0.15, 0.2) is 5.82 Å². The minimum absolute atomic E-state index is 0.0126. The van der Waals surface area contributed by atoms with Crippen molar-refractivity contribution in [3.8, 4) is 0 Å². The Bertz CT molecular complexity index is 973. The first-order valence-electron chi connectivity index (χ1n) is 10.5. The van der Waals surface area contributed by atoms with Crippen LogP contribution in [0.15, 0.2) is 12.1 Å². The molecule has 0 spiro atoms. The molecule has 10 nitrogen and oxygen atoms in total. The maximum absolute atomic E-state index is 12.5. The van der Waals surface area contributed by atoms with E-state index in [1.807, 2.05) is 0 Å². The molecular weight excluding hydrogens is 445 g/mol. The monoisotopic (exact) mass is 472 g/mol. The van der Waals surface area contributed by atoms with Gasteiger partial charge in [0.05, 0.1) is 18.7 Å². The molecule has 0 aliphatic heterocycles. The number of hydrogen-bond acceptors (Lipinski definition) is 6. The Balaban J connectivity index is 1.50. The highest BCUT2D eigenvalue weighted by Gasteiger charge is 2.33. The van der Waals surface area contributed by atoms with Crippen molar-refractivity contribution in [3.05, 3.63) is 29.2 Å². The molecule has 3 atom stereocenters. The molecule has 2 amide bonds. The summed E-state index contributed by atoms with van der Waals surface area (Å²) >= 11 is 0. The molecule has 1 aliphatic rings. The number of aryl methyl sites for hydroxylation is 1. The summed E-state index contributed by atoms with van der Waals surface area (Å²) in [5.74, 6) is -0.0196. The van der Waals surface area contributed by atoms with Gasteiger partial charge in [0.1, 0.15) is 11.8 Å². The van der Waals surface area contributed by atoms with Crippen LogP contribution in [-0.2, 0) is 23.1 Å². The normalized spacial score (nSPS) is 19.3. The zero-order chi connectivity index (χ0) is 24.2. The van der Waals surface area contributed by atoms with Crippen LogP contribution in [0.25, 0.3) is 0 Å². The first-order valence-corrected chi connectivity index (χ1v) is 10.5. The van der Waals surface area contributed by atoms with E-state index in [4.69, 9.17) is 9.47 Å². The molecule has 2 heterocycles. The molecule has 1 aliphatic carbocycles. The van der Waals surface area contributed by atoms with Crippen molar-refractivity contribution in [2.45, 2.75) is 63.5 Å². The van der Waals surface area contributed by atoms with E-state index >= 15 is 0 Å². The van der Waals surface area contributed by atoms with E-state index in [0.717, 1.165) is 5.69 Å².